The molecule has 0 radical (unpaired) electrons. The molecule has 4 rings (SSSR count). The number of carbonyl (C=O) groups excluding carboxylic acids is 2. The Hall–Kier alpha value is -4.56. The van der Waals surface area contributed by atoms with E-state index in [1.54, 1.807) is 26.0 Å². The molecule has 214 valence electrons. The van der Waals surface area contributed by atoms with Crippen LogP contribution in [0, 0.1) is 0 Å². The Morgan fingerprint density at radius 1 is 1.10 bits per heavy atom. The minimum absolute atomic E-state index is 0.0373. The third kappa shape index (κ3) is 8.74. The van der Waals surface area contributed by atoms with Gasteiger partial charge in [0.2, 0.25) is 0 Å². The fourth-order valence-corrected chi connectivity index (χ4v) is 3.88. The number of amides is 2. The number of aliphatic hydroxyl groups excluding tert-OH is 1. The van der Waals surface area contributed by atoms with E-state index in [0.717, 1.165) is 11.3 Å². The standard InChI is InChI=1S/C14H15N5O.C12H21N5O3/c15-16-13-8-11-9-19(7-6-12(11)17-18-13)14(20)10-4-2-1-3-5-10;1-4-17(8-9(3)18)11-7-6-10(13-15-11)14-16-12(19)20-5-2/h1-5,8H,6-7,9,15H2,(H,16,18);6-7,9,18H,4-5,8H2,1-3H3,(H,13,14)(H,16,19). The number of ether oxygens (including phenoxy) is 1. The normalized spacial score (nSPS) is 12.7. The molecule has 1 aliphatic rings. The molecule has 0 saturated heterocycles. The Balaban J connectivity index is 0.000000220. The topological polar surface area (TPSA) is 184 Å². The smallest absolute Gasteiger partial charge is 0.425 e. The first kappa shape index (κ1) is 30.0. The van der Waals surface area contributed by atoms with Crippen molar-refractivity contribution in [2.75, 3.05) is 42.0 Å². The van der Waals surface area contributed by atoms with Crippen LogP contribution in [-0.2, 0) is 17.7 Å². The van der Waals surface area contributed by atoms with Crippen molar-refractivity contribution < 1.29 is 19.4 Å². The molecule has 2 aromatic heterocycles. The SMILES string of the molecule is CCOC(=O)NNc1ccc(N(CC)CC(C)O)nn1.NNc1cc2c(nn1)CCN(C(=O)c1ccccc1)C2. The number of hydrogen-bond acceptors (Lipinski definition) is 12. The van der Waals surface area contributed by atoms with Gasteiger partial charge in [-0.3, -0.25) is 10.2 Å². The summed E-state index contributed by atoms with van der Waals surface area (Å²) in [4.78, 5) is 27.2. The van der Waals surface area contributed by atoms with E-state index in [-0.39, 0.29) is 5.91 Å². The van der Waals surface area contributed by atoms with Gasteiger partial charge in [-0.1, -0.05) is 18.2 Å². The number of nitrogens with two attached hydrogens (primary N) is 1. The van der Waals surface area contributed by atoms with Crippen molar-refractivity contribution in [3.63, 3.8) is 0 Å². The largest absolute Gasteiger partial charge is 0.449 e. The molecule has 0 fully saturated rings. The second-order valence-corrected chi connectivity index (χ2v) is 8.82. The van der Waals surface area contributed by atoms with Crippen molar-refractivity contribution in [1.29, 1.82) is 0 Å². The van der Waals surface area contributed by atoms with Gasteiger partial charge < -0.3 is 25.1 Å². The zero-order chi connectivity index (χ0) is 28.9. The molecule has 1 aromatic carbocycles. The molecule has 0 aliphatic carbocycles. The van der Waals surface area contributed by atoms with Crippen LogP contribution in [0.2, 0.25) is 0 Å². The summed E-state index contributed by atoms with van der Waals surface area (Å²) in [5.74, 6) is 6.94. The number of hydrogen-bond donors (Lipinski definition) is 5. The molecule has 14 heteroatoms. The van der Waals surface area contributed by atoms with Gasteiger partial charge in [0.05, 0.1) is 18.4 Å². The van der Waals surface area contributed by atoms with Crippen LogP contribution in [-0.4, -0.2) is 74.7 Å². The second-order valence-electron chi connectivity index (χ2n) is 8.82. The first-order chi connectivity index (χ1) is 19.3. The lowest BCUT2D eigenvalue weighted by Crippen LogP contribution is -2.36. The molecular weight excluding hydrogens is 516 g/mol. The number of benzene rings is 1. The highest BCUT2D eigenvalue weighted by Gasteiger charge is 2.23. The van der Waals surface area contributed by atoms with Crippen LogP contribution in [0.3, 0.4) is 0 Å². The average Bonchev–Trinajstić information content (AvgIpc) is 2.99. The van der Waals surface area contributed by atoms with Crippen LogP contribution in [0.4, 0.5) is 22.2 Å². The summed E-state index contributed by atoms with van der Waals surface area (Å²) in [5.41, 5.74) is 10.0. The summed E-state index contributed by atoms with van der Waals surface area (Å²) < 4.78 is 4.69. The Morgan fingerprint density at radius 3 is 2.48 bits per heavy atom. The molecule has 0 spiro atoms. The number of aromatic nitrogens is 4. The number of nitrogens with zero attached hydrogens (tertiary/aromatic N) is 6. The Bertz CT molecular complexity index is 1230. The number of nitrogens with one attached hydrogen (secondary N) is 3. The van der Waals surface area contributed by atoms with Crippen molar-refractivity contribution in [3.05, 3.63) is 65.4 Å². The van der Waals surface area contributed by atoms with Crippen molar-refractivity contribution in [1.82, 2.24) is 30.7 Å². The molecule has 3 heterocycles. The Kier molecular flexibility index (Phi) is 11.3. The van der Waals surface area contributed by atoms with Crippen LogP contribution in [0.25, 0.3) is 0 Å². The molecule has 0 saturated carbocycles. The minimum Gasteiger partial charge on any atom is -0.449 e. The van der Waals surface area contributed by atoms with Gasteiger partial charge in [-0.05, 0) is 56.7 Å². The van der Waals surface area contributed by atoms with Crippen molar-refractivity contribution in [2.24, 2.45) is 5.84 Å². The molecule has 1 unspecified atom stereocenters. The van der Waals surface area contributed by atoms with E-state index >= 15 is 0 Å². The van der Waals surface area contributed by atoms with Gasteiger partial charge in [0.25, 0.3) is 5.91 Å². The lowest BCUT2D eigenvalue weighted by molar-refractivity contribution is 0.0733. The molecule has 1 atom stereocenters. The summed E-state index contributed by atoms with van der Waals surface area (Å²) >= 11 is 0. The zero-order valence-corrected chi connectivity index (χ0v) is 22.9. The first-order valence-electron chi connectivity index (χ1n) is 13.0. The molecular formula is C26H36N10O4. The maximum atomic E-state index is 12.4. The third-order valence-electron chi connectivity index (χ3n) is 5.80. The lowest BCUT2D eigenvalue weighted by Gasteiger charge is -2.28. The number of rotatable bonds is 9. The highest BCUT2D eigenvalue weighted by Crippen LogP contribution is 2.20. The van der Waals surface area contributed by atoms with Crippen LogP contribution in [0.1, 0.15) is 42.4 Å². The maximum absolute atomic E-state index is 12.4. The Morgan fingerprint density at radius 2 is 1.85 bits per heavy atom. The fraction of sp³-hybridized carbons (Fsp3) is 0.385. The maximum Gasteiger partial charge on any atom is 0.425 e. The van der Waals surface area contributed by atoms with Crippen molar-refractivity contribution in [2.45, 2.75) is 39.8 Å². The van der Waals surface area contributed by atoms with E-state index in [1.165, 1.54) is 0 Å². The van der Waals surface area contributed by atoms with E-state index < -0.39 is 12.2 Å². The van der Waals surface area contributed by atoms with Crippen molar-refractivity contribution in [3.8, 4) is 0 Å². The molecule has 3 aromatic rings. The minimum atomic E-state index is -0.581. The highest BCUT2D eigenvalue weighted by atomic mass is 16.5. The summed E-state index contributed by atoms with van der Waals surface area (Å²) in [6.45, 7) is 8.09. The zero-order valence-electron chi connectivity index (χ0n) is 22.9. The van der Waals surface area contributed by atoms with Gasteiger partial charge in [-0.25, -0.2) is 16.1 Å². The number of likely N-dealkylation sites (N-methyl/N-ethyl adjacent to an activating group) is 1. The number of aliphatic hydroxyl groups is 1. The average molecular weight is 553 g/mol. The predicted molar refractivity (Wildman–Crippen MR) is 150 cm³/mol. The molecule has 0 bridgehead atoms. The summed E-state index contributed by atoms with van der Waals surface area (Å²) in [6, 6.07) is 14.6. The molecule has 1 aliphatic heterocycles. The van der Waals surface area contributed by atoms with Crippen LogP contribution in [0.5, 0.6) is 0 Å². The van der Waals surface area contributed by atoms with Gasteiger partial charge in [0.15, 0.2) is 17.5 Å². The number of fused-ring (bicyclic) bond motifs is 1. The fourth-order valence-electron chi connectivity index (χ4n) is 3.88. The first-order valence-corrected chi connectivity index (χ1v) is 13.0. The quantitative estimate of drug-likeness (QED) is 0.192. The van der Waals surface area contributed by atoms with Crippen molar-refractivity contribution >= 4 is 29.5 Å². The monoisotopic (exact) mass is 552 g/mol. The number of hydrazine groups is 2. The number of carbonyl (C=O) groups is 2. The molecule has 40 heavy (non-hydrogen) atoms. The summed E-state index contributed by atoms with van der Waals surface area (Å²) in [7, 11) is 0. The van der Waals surface area contributed by atoms with Gasteiger partial charge in [-0.15, -0.1) is 15.3 Å². The Labute approximate surface area is 232 Å². The van der Waals surface area contributed by atoms with E-state index in [4.69, 9.17) is 5.84 Å². The summed E-state index contributed by atoms with van der Waals surface area (Å²) in [5, 5.41) is 25.4. The van der Waals surface area contributed by atoms with E-state index in [2.05, 4.69) is 41.4 Å². The van der Waals surface area contributed by atoms with Gasteiger partial charge in [0.1, 0.15) is 0 Å². The van der Waals surface area contributed by atoms with Gasteiger partial charge in [-0.2, -0.15) is 5.10 Å². The molecule has 2 amide bonds. The number of nitrogen functional groups attached to an aromatic ring is 1. The van der Waals surface area contributed by atoms with Crippen LogP contribution >= 0.6 is 0 Å². The van der Waals surface area contributed by atoms with E-state index in [1.807, 2.05) is 53.1 Å². The summed E-state index contributed by atoms with van der Waals surface area (Å²) in [6.07, 6.45) is -0.311. The second kappa shape index (κ2) is 15.1. The lowest BCUT2D eigenvalue weighted by atomic mass is 10.1. The van der Waals surface area contributed by atoms with Crippen LogP contribution < -0.4 is 27.0 Å². The highest BCUT2D eigenvalue weighted by molar-refractivity contribution is 5.94. The molecule has 14 nitrogen and oxygen atoms in total. The molecule has 6 N–H and O–H groups in total. The third-order valence-corrected chi connectivity index (χ3v) is 5.80. The predicted octanol–water partition coefficient (Wildman–Crippen LogP) is 1.72. The van der Waals surface area contributed by atoms with E-state index in [9.17, 15) is 14.7 Å². The van der Waals surface area contributed by atoms with E-state index in [0.29, 0.717) is 62.2 Å². The van der Waals surface area contributed by atoms with Crippen LogP contribution in [0.15, 0.2) is 48.5 Å². The van der Waals surface area contributed by atoms with Gasteiger partial charge in [0, 0.05) is 38.2 Å². The van der Waals surface area contributed by atoms with Gasteiger partial charge >= 0.3 is 6.09 Å². The number of anilines is 3.